The smallest absolute Gasteiger partial charge is 0.305 e. The van der Waals surface area contributed by atoms with Crippen LogP contribution in [-0.4, -0.2) is 22.5 Å². The van der Waals surface area contributed by atoms with E-state index in [0.29, 0.717) is 16.3 Å². The number of carbonyl (C=O) groups is 2. The predicted octanol–water partition coefficient (Wildman–Crippen LogP) is 4.97. The highest BCUT2D eigenvalue weighted by Gasteiger charge is 2.29. The van der Waals surface area contributed by atoms with Crippen LogP contribution < -0.4 is 10.7 Å². The van der Waals surface area contributed by atoms with Crippen LogP contribution in [0.25, 0.3) is 0 Å². The van der Waals surface area contributed by atoms with Crippen molar-refractivity contribution in [3.63, 3.8) is 0 Å². The van der Waals surface area contributed by atoms with E-state index in [1.807, 2.05) is 26.8 Å². The molecule has 0 aromatic heterocycles. The molecule has 0 fully saturated rings. The minimum absolute atomic E-state index is 0.232. The molecule has 7 heteroatoms. The van der Waals surface area contributed by atoms with Gasteiger partial charge in [0.2, 0.25) is 0 Å². The SMILES string of the molecule is CC(C)(C)N(NC(=O)Nc1cccc(Cl)c1Cl)C(=O)c1ccccc1. The summed E-state index contributed by atoms with van der Waals surface area (Å²) in [5, 5.41) is 4.43. The number of halogens is 2. The summed E-state index contributed by atoms with van der Waals surface area (Å²) in [4.78, 5) is 25.1. The van der Waals surface area contributed by atoms with Crippen LogP contribution in [-0.2, 0) is 0 Å². The summed E-state index contributed by atoms with van der Waals surface area (Å²) in [5.74, 6) is -0.319. The minimum Gasteiger partial charge on any atom is -0.305 e. The Balaban J connectivity index is 2.19. The molecule has 0 aliphatic heterocycles. The maximum Gasteiger partial charge on any atom is 0.338 e. The number of hydrogen-bond donors (Lipinski definition) is 2. The molecule has 0 aliphatic rings. The maximum atomic E-state index is 12.7. The first-order valence-corrected chi connectivity index (χ1v) is 8.37. The van der Waals surface area contributed by atoms with E-state index in [9.17, 15) is 9.59 Å². The molecule has 2 aromatic carbocycles. The summed E-state index contributed by atoms with van der Waals surface area (Å²) in [6.45, 7) is 5.46. The number of benzene rings is 2. The van der Waals surface area contributed by atoms with Crippen LogP contribution in [0.4, 0.5) is 10.5 Å². The highest BCUT2D eigenvalue weighted by molar-refractivity contribution is 6.43. The first kappa shape index (κ1) is 19.1. The molecule has 0 radical (unpaired) electrons. The number of hydrazine groups is 1. The fraction of sp³-hybridized carbons (Fsp3) is 0.222. The summed E-state index contributed by atoms with van der Waals surface area (Å²) in [6, 6.07) is 13.0. The van der Waals surface area contributed by atoms with Crippen molar-refractivity contribution in [3.8, 4) is 0 Å². The van der Waals surface area contributed by atoms with Crippen LogP contribution in [0.15, 0.2) is 48.5 Å². The van der Waals surface area contributed by atoms with E-state index in [2.05, 4.69) is 10.7 Å². The van der Waals surface area contributed by atoms with Gasteiger partial charge in [0.1, 0.15) is 0 Å². The van der Waals surface area contributed by atoms with Gasteiger partial charge in [-0.05, 0) is 45.0 Å². The van der Waals surface area contributed by atoms with Crippen molar-refractivity contribution in [2.75, 3.05) is 5.32 Å². The van der Waals surface area contributed by atoms with Gasteiger partial charge in [0.25, 0.3) is 5.91 Å². The van der Waals surface area contributed by atoms with Gasteiger partial charge >= 0.3 is 6.03 Å². The van der Waals surface area contributed by atoms with E-state index in [0.717, 1.165) is 0 Å². The molecule has 5 nitrogen and oxygen atoms in total. The van der Waals surface area contributed by atoms with Crippen LogP contribution in [0, 0.1) is 0 Å². The number of nitrogens with zero attached hydrogens (tertiary/aromatic N) is 1. The molecule has 0 aliphatic carbocycles. The summed E-state index contributed by atoms with van der Waals surface area (Å²) in [5.41, 5.74) is 2.77. The van der Waals surface area contributed by atoms with Crippen molar-refractivity contribution < 1.29 is 9.59 Å². The lowest BCUT2D eigenvalue weighted by Crippen LogP contribution is -2.56. The Kier molecular flexibility index (Phi) is 5.93. The number of hydrogen-bond acceptors (Lipinski definition) is 2. The Morgan fingerprint density at radius 1 is 0.960 bits per heavy atom. The van der Waals surface area contributed by atoms with Crippen molar-refractivity contribution in [1.82, 2.24) is 10.4 Å². The van der Waals surface area contributed by atoms with Crippen LogP contribution in [0.2, 0.25) is 10.0 Å². The molecule has 0 atom stereocenters. The van der Waals surface area contributed by atoms with E-state index in [1.165, 1.54) is 5.01 Å². The molecule has 2 N–H and O–H groups in total. The van der Waals surface area contributed by atoms with Crippen molar-refractivity contribution in [1.29, 1.82) is 0 Å². The third-order valence-electron chi connectivity index (χ3n) is 3.31. The van der Waals surface area contributed by atoms with E-state index >= 15 is 0 Å². The summed E-state index contributed by atoms with van der Waals surface area (Å²) >= 11 is 12.0. The minimum atomic E-state index is -0.637. The molecule has 2 rings (SSSR count). The Labute approximate surface area is 156 Å². The number of carbonyl (C=O) groups excluding carboxylic acids is 2. The molecular weight excluding hydrogens is 361 g/mol. The highest BCUT2D eigenvalue weighted by atomic mass is 35.5. The van der Waals surface area contributed by atoms with Crippen LogP contribution in [0.3, 0.4) is 0 Å². The molecule has 0 saturated heterocycles. The van der Waals surface area contributed by atoms with Crippen LogP contribution >= 0.6 is 23.2 Å². The molecule has 3 amide bonds. The average molecular weight is 380 g/mol. The molecule has 25 heavy (non-hydrogen) atoms. The number of rotatable bonds is 2. The van der Waals surface area contributed by atoms with Gasteiger partial charge in [0.15, 0.2) is 0 Å². The second-order valence-electron chi connectivity index (χ2n) is 6.34. The fourth-order valence-electron chi connectivity index (χ4n) is 2.09. The Morgan fingerprint density at radius 2 is 1.60 bits per heavy atom. The molecular formula is C18H19Cl2N3O2. The Bertz CT molecular complexity index is 774. The molecule has 0 heterocycles. The molecule has 0 saturated carbocycles. The Hall–Kier alpha value is -2.24. The highest BCUT2D eigenvalue weighted by Crippen LogP contribution is 2.29. The molecule has 0 bridgehead atoms. The normalized spacial score (nSPS) is 10.9. The lowest BCUT2D eigenvalue weighted by molar-refractivity contribution is 0.0460. The lowest BCUT2D eigenvalue weighted by Gasteiger charge is -2.35. The zero-order valence-electron chi connectivity index (χ0n) is 14.1. The quantitative estimate of drug-likeness (QED) is 0.723. The summed E-state index contributed by atoms with van der Waals surface area (Å²) in [7, 11) is 0. The van der Waals surface area contributed by atoms with E-state index in [1.54, 1.807) is 42.5 Å². The number of amides is 3. The van der Waals surface area contributed by atoms with Gasteiger partial charge in [-0.25, -0.2) is 15.2 Å². The Morgan fingerprint density at radius 3 is 2.20 bits per heavy atom. The molecule has 0 spiro atoms. The van der Waals surface area contributed by atoms with Gasteiger partial charge in [-0.1, -0.05) is 47.5 Å². The maximum absolute atomic E-state index is 12.7. The van der Waals surface area contributed by atoms with Gasteiger partial charge < -0.3 is 5.32 Å². The van der Waals surface area contributed by atoms with Crippen molar-refractivity contribution >= 4 is 40.8 Å². The zero-order valence-corrected chi connectivity index (χ0v) is 15.7. The van der Waals surface area contributed by atoms with Gasteiger partial charge in [-0.2, -0.15) is 0 Å². The number of urea groups is 1. The molecule has 0 unspecified atom stereocenters. The molecule has 132 valence electrons. The number of anilines is 1. The average Bonchev–Trinajstić information content (AvgIpc) is 2.56. The topological polar surface area (TPSA) is 61.4 Å². The summed E-state index contributed by atoms with van der Waals surface area (Å²) in [6.07, 6.45) is 0. The van der Waals surface area contributed by atoms with Gasteiger partial charge in [-0.3, -0.25) is 4.79 Å². The first-order chi connectivity index (χ1) is 11.7. The summed E-state index contributed by atoms with van der Waals surface area (Å²) < 4.78 is 0. The van der Waals surface area contributed by atoms with E-state index in [-0.39, 0.29) is 10.9 Å². The second-order valence-corrected chi connectivity index (χ2v) is 7.13. The number of nitrogens with one attached hydrogen (secondary N) is 2. The predicted molar refractivity (Wildman–Crippen MR) is 101 cm³/mol. The zero-order chi connectivity index (χ0) is 18.6. The molecule has 2 aromatic rings. The van der Waals surface area contributed by atoms with Gasteiger partial charge in [0.05, 0.1) is 21.3 Å². The van der Waals surface area contributed by atoms with Crippen molar-refractivity contribution in [3.05, 3.63) is 64.1 Å². The first-order valence-electron chi connectivity index (χ1n) is 7.61. The van der Waals surface area contributed by atoms with E-state index in [4.69, 9.17) is 23.2 Å². The third kappa shape index (κ3) is 4.87. The van der Waals surface area contributed by atoms with Crippen LogP contribution in [0.5, 0.6) is 0 Å². The fourth-order valence-corrected chi connectivity index (χ4v) is 2.43. The van der Waals surface area contributed by atoms with Crippen molar-refractivity contribution in [2.24, 2.45) is 0 Å². The lowest BCUT2D eigenvalue weighted by atomic mass is 10.1. The largest absolute Gasteiger partial charge is 0.338 e. The third-order valence-corrected chi connectivity index (χ3v) is 4.13. The van der Waals surface area contributed by atoms with Gasteiger partial charge in [0, 0.05) is 5.56 Å². The standard InChI is InChI=1S/C18H19Cl2N3O2/c1-18(2,3)23(16(24)12-8-5-4-6-9-12)22-17(25)21-14-11-7-10-13(19)15(14)20/h4-11H,1-3H3,(H2,21,22,25). The van der Waals surface area contributed by atoms with Crippen molar-refractivity contribution in [2.45, 2.75) is 26.3 Å². The van der Waals surface area contributed by atoms with Crippen LogP contribution in [0.1, 0.15) is 31.1 Å². The monoisotopic (exact) mass is 379 g/mol. The second kappa shape index (κ2) is 7.76. The van der Waals surface area contributed by atoms with Gasteiger partial charge in [-0.15, -0.1) is 0 Å². The van der Waals surface area contributed by atoms with E-state index < -0.39 is 11.6 Å².